The topological polar surface area (TPSA) is 48.0 Å². The number of piperidine rings is 1. The summed E-state index contributed by atoms with van der Waals surface area (Å²) in [5, 5.41) is 0.447. The number of carbonyl (C=O) groups excluding carboxylic acids is 1. The van der Waals surface area contributed by atoms with Crippen LogP contribution in [0.3, 0.4) is 0 Å². The average molecular weight is 368 g/mol. The molecule has 0 amide bonds. The Labute approximate surface area is 154 Å². The van der Waals surface area contributed by atoms with Gasteiger partial charge in [-0.1, -0.05) is 24.9 Å². The summed E-state index contributed by atoms with van der Waals surface area (Å²) < 4.78 is 17.1. The zero-order chi connectivity index (χ0) is 17.8. The SMILES string of the molecule is CCCCN1CCC(OC(=O)c2ccc(Cl)c3c2OCC(C)O3)CC1. The van der Waals surface area contributed by atoms with Crippen LogP contribution in [0.1, 0.15) is 49.9 Å². The number of fused-ring (bicyclic) bond motifs is 1. The van der Waals surface area contributed by atoms with Crippen LogP contribution in [0.4, 0.5) is 0 Å². The van der Waals surface area contributed by atoms with Crippen molar-refractivity contribution in [3.05, 3.63) is 22.7 Å². The summed E-state index contributed by atoms with van der Waals surface area (Å²) in [5.74, 6) is 0.471. The minimum Gasteiger partial charge on any atom is -0.485 e. The van der Waals surface area contributed by atoms with Crippen LogP contribution in [0, 0.1) is 0 Å². The van der Waals surface area contributed by atoms with E-state index in [4.69, 9.17) is 25.8 Å². The van der Waals surface area contributed by atoms with E-state index < -0.39 is 0 Å². The van der Waals surface area contributed by atoms with E-state index in [2.05, 4.69) is 11.8 Å². The zero-order valence-corrected chi connectivity index (χ0v) is 15.7. The minimum atomic E-state index is -0.363. The van der Waals surface area contributed by atoms with Gasteiger partial charge in [-0.2, -0.15) is 0 Å². The molecule has 138 valence electrons. The molecule has 2 heterocycles. The van der Waals surface area contributed by atoms with Gasteiger partial charge in [0.15, 0.2) is 11.5 Å². The molecule has 1 unspecified atom stereocenters. The number of unbranched alkanes of at least 4 members (excludes halogenated alkanes) is 1. The number of nitrogens with zero attached hydrogens (tertiary/aromatic N) is 1. The second-order valence-electron chi connectivity index (χ2n) is 6.79. The van der Waals surface area contributed by atoms with Gasteiger partial charge in [-0.15, -0.1) is 0 Å². The molecule has 2 aliphatic heterocycles. The maximum absolute atomic E-state index is 12.6. The standard InChI is InChI=1S/C19H26ClNO4/c1-3-4-9-21-10-7-14(8-11-21)25-19(22)15-5-6-16(20)18-17(15)23-12-13(2)24-18/h5-6,13-14H,3-4,7-12H2,1-2H3. The molecule has 25 heavy (non-hydrogen) atoms. The van der Waals surface area contributed by atoms with Crippen molar-refractivity contribution < 1.29 is 19.0 Å². The first-order chi connectivity index (χ1) is 12.1. The Hall–Kier alpha value is -1.46. The molecule has 1 aromatic rings. The number of halogens is 1. The van der Waals surface area contributed by atoms with E-state index in [1.165, 1.54) is 12.8 Å². The van der Waals surface area contributed by atoms with Crippen LogP contribution in [0.2, 0.25) is 5.02 Å². The highest BCUT2D eigenvalue weighted by atomic mass is 35.5. The first-order valence-corrected chi connectivity index (χ1v) is 9.51. The highest BCUT2D eigenvalue weighted by Crippen LogP contribution is 2.41. The lowest BCUT2D eigenvalue weighted by Crippen LogP contribution is -2.38. The number of esters is 1. The van der Waals surface area contributed by atoms with Gasteiger partial charge in [-0.3, -0.25) is 0 Å². The molecule has 2 aliphatic rings. The Bertz CT molecular complexity index is 614. The second kappa shape index (κ2) is 8.28. The van der Waals surface area contributed by atoms with Gasteiger partial charge >= 0.3 is 5.97 Å². The molecule has 5 nitrogen and oxygen atoms in total. The van der Waals surface area contributed by atoms with Crippen molar-refractivity contribution >= 4 is 17.6 Å². The van der Waals surface area contributed by atoms with Gasteiger partial charge in [-0.25, -0.2) is 4.79 Å². The molecule has 0 radical (unpaired) electrons. The van der Waals surface area contributed by atoms with Crippen molar-refractivity contribution in [3.63, 3.8) is 0 Å². The van der Waals surface area contributed by atoms with E-state index >= 15 is 0 Å². The Kier molecular flexibility index (Phi) is 6.07. The lowest BCUT2D eigenvalue weighted by molar-refractivity contribution is 0.0103. The van der Waals surface area contributed by atoms with Gasteiger partial charge in [-0.05, 0) is 44.9 Å². The van der Waals surface area contributed by atoms with Gasteiger partial charge in [0, 0.05) is 13.1 Å². The number of carbonyl (C=O) groups is 1. The number of ether oxygens (including phenoxy) is 3. The van der Waals surface area contributed by atoms with Crippen LogP contribution in [0.5, 0.6) is 11.5 Å². The normalized spacial score (nSPS) is 21.2. The van der Waals surface area contributed by atoms with E-state index in [0.717, 1.165) is 32.5 Å². The average Bonchev–Trinajstić information content (AvgIpc) is 2.62. The van der Waals surface area contributed by atoms with Gasteiger partial charge in [0.25, 0.3) is 0 Å². The molecule has 1 saturated heterocycles. The largest absolute Gasteiger partial charge is 0.485 e. The third-order valence-electron chi connectivity index (χ3n) is 4.70. The van der Waals surface area contributed by atoms with Crippen molar-refractivity contribution in [2.75, 3.05) is 26.2 Å². The van der Waals surface area contributed by atoms with E-state index in [1.807, 2.05) is 6.92 Å². The summed E-state index contributed by atoms with van der Waals surface area (Å²) in [5.41, 5.74) is 0.389. The Morgan fingerprint density at radius 1 is 1.32 bits per heavy atom. The third-order valence-corrected chi connectivity index (χ3v) is 5.00. The maximum atomic E-state index is 12.6. The lowest BCUT2D eigenvalue weighted by Gasteiger charge is -2.32. The quantitative estimate of drug-likeness (QED) is 0.738. The summed E-state index contributed by atoms with van der Waals surface area (Å²) in [6.45, 7) is 7.58. The van der Waals surface area contributed by atoms with Gasteiger partial charge in [0.2, 0.25) is 0 Å². The first kappa shape index (κ1) is 18.3. The van der Waals surface area contributed by atoms with Crippen LogP contribution in [0.25, 0.3) is 0 Å². The maximum Gasteiger partial charge on any atom is 0.342 e. The molecule has 0 saturated carbocycles. The molecule has 0 spiro atoms. The highest BCUT2D eigenvalue weighted by Gasteiger charge is 2.29. The molecule has 0 bridgehead atoms. The van der Waals surface area contributed by atoms with Crippen LogP contribution < -0.4 is 9.47 Å². The number of hydrogen-bond acceptors (Lipinski definition) is 5. The molecule has 0 aliphatic carbocycles. The molecule has 6 heteroatoms. The van der Waals surface area contributed by atoms with Crippen molar-refractivity contribution in [2.45, 2.75) is 51.7 Å². The highest BCUT2D eigenvalue weighted by molar-refractivity contribution is 6.32. The smallest absolute Gasteiger partial charge is 0.342 e. The van der Waals surface area contributed by atoms with Crippen molar-refractivity contribution in [2.24, 2.45) is 0 Å². The summed E-state index contributed by atoms with van der Waals surface area (Å²) >= 11 is 6.17. The fourth-order valence-electron chi connectivity index (χ4n) is 3.24. The fourth-order valence-corrected chi connectivity index (χ4v) is 3.43. The molecule has 0 N–H and O–H groups in total. The number of likely N-dealkylation sites (tertiary alicyclic amines) is 1. The first-order valence-electron chi connectivity index (χ1n) is 9.13. The Balaban J connectivity index is 1.62. The van der Waals surface area contributed by atoms with Crippen molar-refractivity contribution in [3.8, 4) is 11.5 Å². The lowest BCUT2D eigenvalue weighted by atomic mass is 10.1. The predicted molar refractivity (Wildman–Crippen MR) is 96.8 cm³/mol. The molecule has 0 aromatic heterocycles. The molecular weight excluding hydrogens is 342 g/mol. The number of rotatable bonds is 5. The number of benzene rings is 1. The van der Waals surface area contributed by atoms with E-state index in [1.54, 1.807) is 12.1 Å². The summed E-state index contributed by atoms with van der Waals surface area (Å²) in [6, 6.07) is 3.31. The van der Waals surface area contributed by atoms with Crippen LogP contribution in [-0.4, -0.2) is 49.3 Å². The van der Waals surface area contributed by atoms with E-state index in [9.17, 15) is 4.79 Å². The molecule has 1 aromatic carbocycles. The fraction of sp³-hybridized carbons (Fsp3) is 0.632. The van der Waals surface area contributed by atoms with Gasteiger partial charge < -0.3 is 19.1 Å². The van der Waals surface area contributed by atoms with Crippen LogP contribution in [-0.2, 0) is 4.74 Å². The zero-order valence-electron chi connectivity index (χ0n) is 14.9. The van der Waals surface area contributed by atoms with Gasteiger partial charge in [0.1, 0.15) is 24.4 Å². The van der Waals surface area contributed by atoms with Crippen molar-refractivity contribution in [1.29, 1.82) is 0 Å². The third kappa shape index (κ3) is 4.39. The summed E-state index contributed by atoms with van der Waals surface area (Å²) in [6.07, 6.45) is 4.04. The van der Waals surface area contributed by atoms with E-state index in [0.29, 0.717) is 28.7 Å². The summed E-state index contributed by atoms with van der Waals surface area (Å²) in [7, 11) is 0. The Morgan fingerprint density at radius 2 is 2.08 bits per heavy atom. The Morgan fingerprint density at radius 3 is 2.80 bits per heavy atom. The van der Waals surface area contributed by atoms with Crippen LogP contribution in [0.15, 0.2) is 12.1 Å². The molecule has 1 fully saturated rings. The monoisotopic (exact) mass is 367 g/mol. The summed E-state index contributed by atoms with van der Waals surface area (Å²) in [4.78, 5) is 15.1. The molecular formula is C19H26ClNO4. The molecule has 1 atom stereocenters. The van der Waals surface area contributed by atoms with E-state index in [-0.39, 0.29) is 18.2 Å². The molecule has 3 rings (SSSR count). The van der Waals surface area contributed by atoms with Gasteiger partial charge in [0.05, 0.1) is 5.02 Å². The van der Waals surface area contributed by atoms with Crippen molar-refractivity contribution in [1.82, 2.24) is 4.90 Å². The predicted octanol–water partition coefficient (Wildman–Crippen LogP) is 3.92. The minimum absolute atomic E-state index is 0.0415. The number of hydrogen-bond donors (Lipinski definition) is 0. The van der Waals surface area contributed by atoms with Crippen LogP contribution >= 0.6 is 11.6 Å². The second-order valence-corrected chi connectivity index (χ2v) is 7.20.